The van der Waals surface area contributed by atoms with E-state index >= 15 is 0 Å². The SMILES string of the molecule is CC(=O)O.O.[Y]. The number of carboxylic acid groups (broad SMARTS) is 1. The van der Waals surface area contributed by atoms with Gasteiger partial charge in [0.15, 0.2) is 0 Å². The van der Waals surface area contributed by atoms with Crippen molar-refractivity contribution in [3.63, 3.8) is 0 Å². The van der Waals surface area contributed by atoms with Gasteiger partial charge in [-0.05, 0) is 0 Å². The fourth-order valence-electron chi connectivity index (χ4n) is 0. The van der Waals surface area contributed by atoms with Crippen molar-refractivity contribution in [2.24, 2.45) is 0 Å². The zero-order valence-electron chi connectivity index (χ0n) is 3.43. The maximum absolute atomic E-state index is 9.00. The monoisotopic (exact) mass is 167 g/mol. The fraction of sp³-hybridized carbons (Fsp3) is 0.500. The largest absolute Gasteiger partial charge is 0.481 e. The quantitative estimate of drug-likeness (QED) is 0.516. The molecule has 0 heterocycles. The summed E-state index contributed by atoms with van der Waals surface area (Å²) in [6.45, 7) is 1.08. The van der Waals surface area contributed by atoms with Gasteiger partial charge in [0, 0.05) is 39.6 Å². The molecule has 0 saturated carbocycles. The third-order valence-electron chi connectivity index (χ3n) is 0. The van der Waals surface area contributed by atoms with Crippen molar-refractivity contribution >= 4 is 5.97 Å². The van der Waals surface area contributed by atoms with Crippen LogP contribution in [-0.4, -0.2) is 16.6 Å². The Balaban J connectivity index is -0.0000000450. The molecule has 0 bridgehead atoms. The van der Waals surface area contributed by atoms with Crippen LogP contribution in [0.1, 0.15) is 6.92 Å². The predicted octanol–water partition coefficient (Wildman–Crippen LogP) is -0.736. The first-order valence-electron chi connectivity index (χ1n) is 0.928. The van der Waals surface area contributed by atoms with Gasteiger partial charge < -0.3 is 10.6 Å². The van der Waals surface area contributed by atoms with Crippen LogP contribution in [0.4, 0.5) is 0 Å². The normalized spacial score (nSPS) is 4.17. The molecule has 3 nitrogen and oxygen atoms in total. The number of carboxylic acids is 1. The van der Waals surface area contributed by atoms with Crippen molar-refractivity contribution in [3.8, 4) is 0 Å². The molecule has 0 rings (SSSR count). The summed E-state index contributed by atoms with van der Waals surface area (Å²) in [5.41, 5.74) is 0. The van der Waals surface area contributed by atoms with Crippen LogP contribution in [0.3, 0.4) is 0 Å². The van der Waals surface area contributed by atoms with Crippen molar-refractivity contribution in [2.45, 2.75) is 6.92 Å². The number of hydrogen-bond donors (Lipinski definition) is 1. The van der Waals surface area contributed by atoms with E-state index in [0.29, 0.717) is 0 Å². The average Bonchev–Trinajstić information content (AvgIpc) is 0.811. The van der Waals surface area contributed by atoms with Crippen LogP contribution in [0.25, 0.3) is 0 Å². The van der Waals surface area contributed by atoms with Crippen molar-refractivity contribution in [2.75, 3.05) is 0 Å². The van der Waals surface area contributed by atoms with E-state index in [4.69, 9.17) is 9.90 Å². The molecule has 4 heteroatoms. The minimum atomic E-state index is -0.833. The second-order valence-electron chi connectivity index (χ2n) is 0.519. The Bertz CT molecular complexity index is 31.8. The van der Waals surface area contributed by atoms with E-state index in [-0.39, 0.29) is 38.2 Å². The number of carbonyl (C=O) groups is 1. The Labute approximate surface area is 60.9 Å². The van der Waals surface area contributed by atoms with E-state index < -0.39 is 5.97 Å². The van der Waals surface area contributed by atoms with Gasteiger partial charge in [0.05, 0.1) is 0 Å². The van der Waals surface area contributed by atoms with Crippen LogP contribution in [-0.2, 0) is 37.5 Å². The van der Waals surface area contributed by atoms with Crippen molar-refractivity contribution in [1.29, 1.82) is 0 Å². The molecule has 0 aromatic heterocycles. The first-order chi connectivity index (χ1) is 1.73. The van der Waals surface area contributed by atoms with Gasteiger partial charge in [-0.1, -0.05) is 0 Å². The van der Waals surface area contributed by atoms with Crippen LogP contribution in [0, 0.1) is 0 Å². The Morgan fingerprint density at radius 2 is 1.67 bits per heavy atom. The van der Waals surface area contributed by atoms with E-state index in [0.717, 1.165) is 6.92 Å². The Hall–Kier alpha value is 0.534. The Morgan fingerprint density at radius 1 is 1.67 bits per heavy atom. The molecule has 0 saturated heterocycles. The summed E-state index contributed by atoms with van der Waals surface area (Å²) in [7, 11) is 0. The van der Waals surface area contributed by atoms with Crippen molar-refractivity contribution in [3.05, 3.63) is 0 Å². The van der Waals surface area contributed by atoms with E-state index in [1.165, 1.54) is 0 Å². The first-order valence-corrected chi connectivity index (χ1v) is 0.928. The van der Waals surface area contributed by atoms with Gasteiger partial charge in [0.25, 0.3) is 5.97 Å². The van der Waals surface area contributed by atoms with Crippen molar-refractivity contribution in [1.82, 2.24) is 0 Å². The van der Waals surface area contributed by atoms with Crippen LogP contribution >= 0.6 is 0 Å². The van der Waals surface area contributed by atoms with E-state index in [1.54, 1.807) is 0 Å². The Morgan fingerprint density at radius 3 is 1.67 bits per heavy atom. The number of rotatable bonds is 0. The molecule has 0 aliphatic rings. The molecule has 0 aliphatic heterocycles. The van der Waals surface area contributed by atoms with Crippen molar-refractivity contribution < 1.29 is 48.1 Å². The van der Waals surface area contributed by atoms with Crippen LogP contribution < -0.4 is 0 Å². The topological polar surface area (TPSA) is 68.8 Å². The third-order valence-corrected chi connectivity index (χ3v) is 0. The second kappa shape index (κ2) is 9.11. The molecule has 0 aliphatic carbocycles. The van der Waals surface area contributed by atoms with Gasteiger partial charge in [-0.15, -0.1) is 0 Å². The molecule has 6 heavy (non-hydrogen) atoms. The Kier molecular flexibility index (Phi) is 24.3. The standard InChI is InChI=1S/C2H4O2.H2O.Y/c1-2(3)4;;/h1H3,(H,3,4);1H2;. The minimum absolute atomic E-state index is 0. The van der Waals surface area contributed by atoms with Crippen LogP contribution in [0.5, 0.6) is 0 Å². The summed E-state index contributed by atoms with van der Waals surface area (Å²) in [5, 5.41) is 7.42. The summed E-state index contributed by atoms with van der Waals surface area (Å²) in [6, 6.07) is 0. The molecular formula is C2H6O3Y. The van der Waals surface area contributed by atoms with Gasteiger partial charge in [0.2, 0.25) is 0 Å². The average molecular weight is 167 g/mol. The number of hydrogen-bond acceptors (Lipinski definition) is 1. The summed E-state index contributed by atoms with van der Waals surface area (Å²) < 4.78 is 0. The second-order valence-corrected chi connectivity index (χ2v) is 0.519. The first kappa shape index (κ1) is 16.0. The zero-order chi connectivity index (χ0) is 3.58. The molecule has 0 fully saturated rings. The fourth-order valence-corrected chi connectivity index (χ4v) is 0. The molecule has 0 amide bonds. The van der Waals surface area contributed by atoms with E-state index in [2.05, 4.69) is 0 Å². The third kappa shape index (κ3) is 199. The van der Waals surface area contributed by atoms with Gasteiger partial charge in [-0.25, -0.2) is 0 Å². The maximum Gasteiger partial charge on any atom is 0.300 e. The number of aliphatic carboxylic acids is 1. The maximum atomic E-state index is 9.00. The van der Waals surface area contributed by atoms with Gasteiger partial charge in [-0.2, -0.15) is 0 Å². The summed E-state index contributed by atoms with van der Waals surface area (Å²) in [5.74, 6) is -0.833. The van der Waals surface area contributed by atoms with Crippen LogP contribution in [0.2, 0.25) is 0 Å². The van der Waals surface area contributed by atoms with Gasteiger partial charge >= 0.3 is 0 Å². The molecular weight excluding hydrogens is 161 g/mol. The predicted molar refractivity (Wildman–Crippen MR) is 16.9 cm³/mol. The molecule has 1 radical (unpaired) electrons. The van der Waals surface area contributed by atoms with Gasteiger partial charge in [0.1, 0.15) is 0 Å². The molecule has 0 aromatic carbocycles. The van der Waals surface area contributed by atoms with E-state index in [1.807, 2.05) is 0 Å². The summed E-state index contributed by atoms with van der Waals surface area (Å²) in [6.07, 6.45) is 0. The minimum Gasteiger partial charge on any atom is -0.481 e. The summed E-state index contributed by atoms with van der Waals surface area (Å²) in [4.78, 5) is 9.00. The smallest absolute Gasteiger partial charge is 0.300 e. The molecule has 0 aromatic rings. The van der Waals surface area contributed by atoms with Crippen LogP contribution in [0.15, 0.2) is 0 Å². The molecule has 35 valence electrons. The molecule has 0 atom stereocenters. The van der Waals surface area contributed by atoms with Gasteiger partial charge in [-0.3, -0.25) is 4.79 Å². The zero-order valence-corrected chi connectivity index (χ0v) is 6.27. The summed E-state index contributed by atoms with van der Waals surface area (Å²) >= 11 is 0. The molecule has 3 N–H and O–H groups in total. The van der Waals surface area contributed by atoms with E-state index in [9.17, 15) is 0 Å². The molecule has 0 spiro atoms. The molecule has 0 unspecified atom stereocenters.